The van der Waals surface area contributed by atoms with E-state index < -0.39 is 0 Å². The van der Waals surface area contributed by atoms with Gasteiger partial charge in [-0.05, 0) is 57.9 Å². The Hall–Kier alpha value is -0.810. The first kappa shape index (κ1) is 21.5. The van der Waals surface area contributed by atoms with Crippen LogP contribution in [0.3, 0.4) is 0 Å². The van der Waals surface area contributed by atoms with Crippen molar-refractivity contribution in [1.82, 2.24) is 20.4 Å². The number of aliphatic imine (C=N–C) groups is 1. The standard InChI is InChI=1S/C21H43N5/c1-6-22-21(24-20-10-8-19(9-11-20)17(3)4)23-16-18(5)26-14-12-25(7-2)13-15-26/h17-20H,6-16H2,1-5H3,(H2,22,23,24). The van der Waals surface area contributed by atoms with Crippen LogP contribution in [-0.4, -0.2) is 73.7 Å². The molecule has 1 unspecified atom stereocenters. The second-order valence-electron chi connectivity index (χ2n) is 8.54. The maximum atomic E-state index is 4.92. The molecule has 2 N–H and O–H groups in total. The van der Waals surface area contributed by atoms with Gasteiger partial charge in [0.1, 0.15) is 0 Å². The van der Waals surface area contributed by atoms with E-state index in [1.807, 2.05) is 0 Å². The molecule has 0 bridgehead atoms. The van der Waals surface area contributed by atoms with Gasteiger partial charge in [-0.1, -0.05) is 20.8 Å². The lowest BCUT2D eigenvalue weighted by molar-refractivity contribution is 0.109. The van der Waals surface area contributed by atoms with Crippen LogP contribution in [0.4, 0.5) is 0 Å². The number of hydrogen-bond donors (Lipinski definition) is 2. The molecule has 0 amide bonds. The molecule has 5 heteroatoms. The third kappa shape index (κ3) is 6.73. The van der Waals surface area contributed by atoms with Crippen LogP contribution in [0.2, 0.25) is 0 Å². The molecule has 0 spiro atoms. The topological polar surface area (TPSA) is 42.9 Å². The maximum Gasteiger partial charge on any atom is 0.191 e. The Kier molecular flexibility index (Phi) is 9.20. The largest absolute Gasteiger partial charge is 0.357 e. The smallest absolute Gasteiger partial charge is 0.191 e. The van der Waals surface area contributed by atoms with Crippen LogP contribution in [0, 0.1) is 11.8 Å². The summed E-state index contributed by atoms with van der Waals surface area (Å²) in [5, 5.41) is 7.15. The van der Waals surface area contributed by atoms with E-state index in [-0.39, 0.29) is 0 Å². The lowest BCUT2D eigenvalue weighted by Crippen LogP contribution is -2.50. The van der Waals surface area contributed by atoms with Crippen LogP contribution in [0.1, 0.15) is 60.3 Å². The van der Waals surface area contributed by atoms with Crippen LogP contribution in [0.15, 0.2) is 4.99 Å². The highest BCUT2D eigenvalue weighted by molar-refractivity contribution is 5.80. The van der Waals surface area contributed by atoms with Crippen molar-refractivity contribution < 1.29 is 0 Å². The first-order valence-corrected chi connectivity index (χ1v) is 11.0. The van der Waals surface area contributed by atoms with E-state index in [0.29, 0.717) is 12.1 Å². The number of rotatable bonds is 7. The fourth-order valence-electron chi connectivity index (χ4n) is 4.30. The Morgan fingerprint density at radius 1 is 1.00 bits per heavy atom. The van der Waals surface area contributed by atoms with Crippen molar-refractivity contribution in [3.05, 3.63) is 0 Å². The highest BCUT2D eigenvalue weighted by Gasteiger charge is 2.24. The highest BCUT2D eigenvalue weighted by Crippen LogP contribution is 2.29. The molecule has 0 aromatic heterocycles. The Morgan fingerprint density at radius 3 is 2.19 bits per heavy atom. The summed E-state index contributed by atoms with van der Waals surface area (Å²) in [6.07, 6.45) is 5.27. The zero-order valence-corrected chi connectivity index (χ0v) is 17.9. The van der Waals surface area contributed by atoms with Crippen molar-refractivity contribution in [2.45, 2.75) is 72.4 Å². The predicted octanol–water partition coefficient (Wildman–Crippen LogP) is 2.78. The van der Waals surface area contributed by atoms with Gasteiger partial charge in [0.05, 0.1) is 6.54 Å². The minimum Gasteiger partial charge on any atom is -0.357 e. The van der Waals surface area contributed by atoms with Crippen molar-refractivity contribution in [3.8, 4) is 0 Å². The second-order valence-corrected chi connectivity index (χ2v) is 8.54. The van der Waals surface area contributed by atoms with Gasteiger partial charge in [0, 0.05) is 44.8 Å². The molecule has 1 heterocycles. The molecule has 2 rings (SSSR count). The summed E-state index contributed by atoms with van der Waals surface area (Å²) in [4.78, 5) is 10.0. The number of hydrogen-bond acceptors (Lipinski definition) is 3. The van der Waals surface area contributed by atoms with E-state index in [0.717, 1.165) is 30.9 Å². The molecular formula is C21H43N5. The number of guanidine groups is 1. The van der Waals surface area contributed by atoms with E-state index in [9.17, 15) is 0 Å². The quantitative estimate of drug-likeness (QED) is 0.538. The van der Waals surface area contributed by atoms with Crippen molar-refractivity contribution in [1.29, 1.82) is 0 Å². The summed E-state index contributed by atoms with van der Waals surface area (Å²) < 4.78 is 0. The number of nitrogens with one attached hydrogen (secondary N) is 2. The molecular weight excluding hydrogens is 322 g/mol. The monoisotopic (exact) mass is 365 g/mol. The Labute approximate surface area is 162 Å². The Bertz CT molecular complexity index is 407. The van der Waals surface area contributed by atoms with Crippen LogP contribution in [-0.2, 0) is 0 Å². The molecule has 1 saturated heterocycles. The molecule has 1 saturated carbocycles. The molecule has 0 radical (unpaired) electrons. The van der Waals surface area contributed by atoms with E-state index in [1.54, 1.807) is 0 Å². The van der Waals surface area contributed by atoms with Gasteiger partial charge in [0.15, 0.2) is 5.96 Å². The van der Waals surface area contributed by atoms with Crippen LogP contribution in [0.25, 0.3) is 0 Å². The number of nitrogens with zero attached hydrogens (tertiary/aromatic N) is 3. The second kappa shape index (κ2) is 11.1. The van der Waals surface area contributed by atoms with Gasteiger partial charge in [-0.15, -0.1) is 0 Å². The van der Waals surface area contributed by atoms with Gasteiger partial charge in [-0.2, -0.15) is 0 Å². The zero-order chi connectivity index (χ0) is 18.9. The molecule has 152 valence electrons. The lowest BCUT2D eigenvalue weighted by atomic mass is 9.80. The van der Waals surface area contributed by atoms with Crippen molar-refractivity contribution in [2.75, 3.05) is 45.8 Å². The van der Waals surface area contributed by atoms with Gasteiger partial charge < -0.3 is 15.5 Å². The fourth-order valence-corrected chi connectivity index (χ4v) is 4.30. The summed E-state index contributed by atoms with van der Waals surface area (Å²) in [6.45, 7) is 19.2. The average Bonchev–Trinajstić information content (AvgIpc) is 2.66. The Balaban J connectivity index is 1.79. The molecule has 0 aromatic rings. The van der Waals surface area contributed by atoms with Crippen molar-refractivity contribution >= 4 is 5.96 Å². The molecule has 1 atom stereocenters. The van der Waals surface area contributed by atoms with Crippen LogP contribution >= 0.6 is 0 Å². The van der Waals surface area contributed by atoms with Crippen LogP contribution < -0.4 is 10.6 Å². The summed E-state index contributed by atoms with van der Waals surface area (Å²) >= 11 is 0. The Morgan fingerprint density at radius 2 is 1.65 bits per heavy atom. The summed E-state index contributed by atoms with van der Waals surface area (Å²) in [5.41, 5.74) is 0. The molecule has 2 fully saturated rings. The summed E-state index contributed by atoms with van der Waals surface area (Å²) in [6, 6.07) is 1.10. The molecule has 26 heavy (non-hydrogen) atoms. The van der Waals surface area contributed by atoms with Gasteiger partial charge in [-0.25, -0.2) is 0 Å². The van der Waals surface area contributed by atoms with E-state index in [4.69, 9.17) is 4.99 Å². The van der Waals surface area contributed by atoms with Gasteiger partial charge in [0.2, 0.25) is 0 Å². The van der Waals surface area contributed by atoms with Gasteiger partial charge >= 0.3 is 0 Å². The molecule has 2 aliphatic rings. The van der Waals surface area contributed by atoms with Crippen molar-refractivity contribution in [3.63, 3.8) is 0 Å². The fraction of sp³-hybridized carbons (Fsp3) is 0.952. The average molecular weight is 366 g/mol. The molecule has 1 aliphatic heterocycles. The zero-order valence-electron chi connectivity index (χ0n) is 17.9. The lowest BCUT2D eigenvalue weighted by Gasteiger charge is -2.37. The minimum absolute atomic E-state index is 0.515. The SMILES string of the molecule is CCNC(=NCC(C)N1CCN(CC)CC1)NC1CCC(C(C)C)CC1. The predicted molar refractivity (Wildman–Crippen MR) is 113 cm³/mol. The number of piperazine rings is 1. The van der Waals surface area contributed by atoms with Crippen LogP contribution in [0.5, 0.6) is 0 Å². The van der Waals surface area contributed by atoms with Crippen molar-refractivity contribution in [2.24, 2.45) is 16.8 Å². The first-order valence-electron chi connectivity index (χ1n) is 11.0. The molecule has 5 nitrogen and oxygen atoms in total. The summed E-state index contributed by atoms with van der Waals surface area (Å²) in [5.74, 6) is 2.75. The highest BCUT2D eigenvalue weighted by atomic mass is 15.3. The molecule has 0 aromatic carbocycles. The third-order valence-corrected chi connectivity index (χ3v) is 6.39. The van der Waals surface area contributed by atoms with Gasteiger partial charge in [-0.3, -0.25) is 9.89 Å². The minimum atomic E-state index is 0.515. The third-order valence-electron chi connectivity index (χ3n) is 6.39. The first-order chi connectivity index (χ1) is 12.5. The maximum absolute atomic E-state index is 4.92. The normalized spacial score (nSPS) is 27.5. The van der Waals surface area contributed by atoms with E-state index in [2.05, 4.69) is 55.1 Å². The molecule has 1 aliphatic carbocycles. The van der Waals surface area contributed by atoms with Gasteiger partial charge in [0.25, 0.3) is 0 Å². The van der Waals surface area contributed by atoms with E-state index >= 15 is 0 Å². The summed E-state index contributed by atoms with van der Waals surface area (Å²) in [7, 11) is 0. The number of likely N-dealkylation sites (N-methyl/N-ethyl adjacent to an activating group) is 1. The van der Waals surface area contributed by atoms with E-state index in [1.165, 1.54) is 58.4 Å².